The fraction of sp³-hybridized carbons (Fsp3) is 0.913. The SMILES string of the molecule is C=C(C(C)C)N(C)CC(C)C(C)(C)CCCNCCCCCNC(C)C. The Morgan fingerprint density at radius 1 is 0.923 bits per heavy atom. The first-order valence-electron chi connectivity index (χ1n) is 10.9. The number of nitrogens with zero attached hydrogens (tertiary/aromatic N) is 1. The average molecular weight is 368 g/mol. The van der Waals surface area contributed by atoms with Crippen molar-refractivity contribution in [2.75, 3.05) is 33.2 Å². The second-order valence-corrected chi connectivity index (χ2v) is 9.44. The van der Waals surface area contributed by atoms with Gasteiger partial charge in [0, 0.05) is 25.3 Å². The second-order valence-electron chi connectivity index (χ2n) is 9.44. The fourth-order valence-electron chi connectivity index (χ4n) is 3.20. The number of allylic oxidation sites excluding steroid dienone is 1. The van der Waals surface area contributed by atoms with Gasteiger partial charge in [0.25, 0.3) is 0 Å². The number of hydrogen-bond donors (Lipinski definition) is 2. The van der Waals surface area contributed by atoms with Gasteiger partial charge in [-0.1, -0.05) is 61.5 Å². The van der Waals surface area contributed by atoms with Crippen LogP contribution in [0, 0.1) is 17.3 Å². The molecule has 0 spiro atoms. The summed E-state index contributed by atoms with van der Waals surface area (Å²) in [4.78, 5) is 2.35. The van der Waals surface area contributed by atoms with Crippen molar-refractivity contribution >= 4 is 0 Å². The molecule has 26 heavy (non-hydrogen) atoms. The van der Waals surface area contributed by atoms with E-state index in [-0.39, 0.29) is 0 Å². The molecule has 3 heteroatoms. The van der Waals surface area contributed by atoms with Crippen LogP contribution in [-0.2, 0) is 0 Å². The van der Waals surface area contributed by atoms with E-state index >= 15 is 0 Å². The number of rotatable bonds is 16. The van der Waals surface area contributed by atoms with Crippen molar-refractivity contribution < 1.29 is 0 Å². The van der Waals surface area contributed by atoms with Crippen molar-refractivity contribution in [3.63, 3.8) is 0 Å². The van der Waals surface area contributed by atoms with Crippen LogP contribution in [0.1, 0.15) is 80.6 Å². The molecule has 2 N–H and O–H groups in total. The Hall–Kier alpha value is -0.540. The molecule has 0 radical (unpaired) electrons. The molecule has 0 aromatic carbocycles. The molecular weight excluding hydrogens is 318 g/mol. The molecule has 0 saturated carbocycles. The van der Waals surface area contributed by atoms with Gasteiger partial charge in [0.1, 0.15) is 0 Å². The van der Waals surface area contributed by atoms with E-state index in [4.69, 9.17) is 0 Å². The highest BCUT2D eigenvalue weighted by Gasteiger charge is 2.26. The normalized spacial score (nSPS) is 13.5. The molecule has 3 nitrogen and oxygen atoms in total. The van der Waals surface area contributed by atoms with E-state index in [0.717, 1.165) is 26.2 Å². The fourth-order valence-corrected chi connectivity index (χ4v) is 3.20. The van der Waals surface area contributed by atoms with Crippen molar-refractivity contribution in [1.29, 1.82) is 0 Å². The van der Waals surface area contributed by atoms with E-state index in [9.17, 15) is 0 Å². The highest BCUT2D eigenvalue weighted by molar-refractivity contribution is 4.96. The van der Waals surface area contributed by atoms with Gasteiger partial charge in [-0.15, -0.1) is 0 Å². The summed E-state index contributed by atoms with van der Waals surface area (Å²) in [6.45, 7) is 24.9. The minimum absolute atomic E-state index is 0.371. The van der Waals surface area contributed by atoms with Crippen LogP contribution in [0.3, 0.4) is 0 Å². The van der Waals surface area contributed by atoms with Crippen molar-refractivity contribution in [3.8, 4) is 0 Å². The first-order valence-corrected chi connectivity index (χ1v) is 10.9. The summed E-state index contributed by atoms with van der Waals surface area (Å²) in [5.41, 5.74) is 1.62. The lowest BCUT2D eigenvalue weighted by Crippen LogP contribution is -2.34. The highest BCUT2D eigenvalue weighted by atomic mass is 15.1. The molecule has 1 unspecified atom stereocenters. The molecule has 1 atom stereocenters. The molecule has 0 amide bonds. The van der Waals surface area contributed by atoms with Crippen LogP contribution in [0.5, 0.6) is 0 Å². The maximum Gasteiger partial charge on any atom is 0.0202 e. The van der Waals surface area contributed by atoms with Crippen LogP contribution in [0.2, 0.25) is 0 Å². The third-order valence-electron chi connectivity index (χ3n) is 5.80. The molecule has 0 bridgehead atoms. The lowest BCUT2D eigenvalue weighted by atomic mass is 9.76. The summed E-state index contributed by atoms with van der Waals surface area (Å²) >= 11 is 0. The van der Waals surface area contributed by atoms with Gasteiger partial charge >= 0.3 is 0 Å². The average Bonchev–Trinajstić information content (AvgIpc) is 2.55. The molecule has 0 rings (SSSR count). The van der Waals surface area contributed by atoms with Gasteiger partial charge in [-0.25, -0.2) is 0 Å². The Bertz CT molecular complexity index is 360. The predicted molar refractivity (Wildman–Crippen MR) is 119 cm³/mol. The van der Waals surface area contributed by atoms with Crippen molar-refractivity contribution in [1.82, 2.24) is 15.5 Å². The molecule has 0 saturated heterocycles. The first kappa shape index (κ1) is 25.5. The predicted octanol–water partition coefficient (Wildman–Crippen LogP) is 5.29. The lowest BCUT2D eigenvalue weighted by molar-refractivity contribution is 0.163. The Labute approximate surface area is 165 Å². The quantitative estimate of drug-likeness (QED) is 0.363. The van der Waals surface area contributed by atoms with Gasteiger partial charge in [0.05, 0.1) is 0 Å². The van der Waals surface area contributed by atoms with Crippen LogP contribution in [0.15, 0.2) is 12.3 Å². The lowest BCUT2D eigenvalue weighted by Gasteiger charge is -2.36. The van der Waals surface area contributed by atoms with Crippen molar-refractivity contribution in [2.24, 2.45) is 17.3 Å². The van der Waals surface area contributed by atoms with Crippen LogP contribution >= 0.6 is 0 Å². The largest absolute Gasteiger partial charge is 0.378 e. The van der Waals surface area contributed by atoms with Crippen LogP contribution in [0.4, 0.5) is 0 Å². The van der Waals surface area contributed by atoms with Gasteiger partial charge in [-0.2, -0.15) is 0 Å². The molecule has 0 aliphatic heterocycles. The molecular formula is C23H49N3. The summed E-state index contributed by atoms with van der Waals surface area (Å²) in [7, 11) is 2.19. The zero-order valence-corrected chi connectivity index (χ0v) is 19.3. The van der Waals surface area contributed by atoms with E-state index in [1.165, 1.54) is 37.8 Å². The minimum atomic E-state index is 0.371. The van der Waals surface area contributed by atoms with Crippen LogP contribution in [-0.4, -0.2) is 44.2 Å². The smallest absolute Gasteiger partial charge is 0.0202 e. The van der Waals surface area contributed by atoms with Crippen molar-refractivity contribution in [2.45, 2.75) is 86.6 Å². The number of hydrogen-bond acceptors (Lipinski definition) is 3. The van der Waals surface area contributed by atoms with Crippen molar-refractivity contribution in [3.05, 3.63) is 12.3 Å². The third kappa shape index (κ3) is 12.0. The maximum atomic E-state index is 4.23. The van der Waals surface area contributed by atoms with Crippen LogP contribution in [0.25, 0.3) is 0 Å². The zero-order chi connectivity index (χ0) is 20.2. The summed E-state index contributed by atoms with van der Waals surface area (Å²) in [5, 5.41) is 7.11. The molecule has 156 valence electrons. The van der Waals surface area contributed by atoms with E-state index in [2.05, 4.69) is 77.6 Å². The molecule has 0 aromatic heterocycles. The Kier molecular flexibility index (Phi) is 13.3. The molecule has 0 aliphatic carbocycles. The molecule has 0 fully saturated rings. The molecule has 0 aliphatic rings. The molecule has 0 heterocycles. The van der Waals surface area contributed by atoms with Gasteiger partial charge in [0.15, 0.2) is 0 Å². The number of nitrogens with one attached hydrogen (secondary N) is 2. The minimum Gasteiger partial charge on any atom is -0.378 e. The van der Waals surface area contributed by atoms with Gasteiger partial charge < -0.3 is 15.5 Å². The topological polar surface area (TPSA) is 27.3 Å². The Morgan fingerprint density at radius 2 is 1.50 bits per heavy atom. The highest BCUT2D eigenvalue weighted by Crippen LogP contribution is 2.33. The summed E-state index contributed by atoms with van der Waals surface area (Å²) < 4.78 is 0. The van der Waals surface area contributed by atoms with Gasteiger partial charge in [0.2, 0.25) is 0 Å². The summed E-state index contributed by atoms with van der Waals surface area (Å²) in [6.07, 6.45) is 6.45. The summed E-state index contributed by atoms with van der Waals surface area (Å²) in [6, 6.07) is 0.613. The first-order chi connectivity index (χ1) is 12.1. The summed E-state index contributed by atoms with van der Waals surface area (Å²) in [5.74, 6) is 1.19. The Morgan fingerprint density at radius 3 is 2.08 bits per heavy atom. The monoisotopic (exact) mass is 367 g/mol. The number of unbranched alkanes of at least 4 members (excludes halogenated alkanes) is 2. The third-order valence-corrected chi connectivity index (χ3v) is 5.80. The van der Waals surface area contributed by atoms with Crippen LogP contribution < -0.4 is 10.6 Å². The van der Waals surface area contributed by atoms with Gasteiger partial charge in [-0.3, -0.25) is 0 Å². The second kappa shape index (κ2) is 13.6. The maximum absolute atomic E-state index is 4.23. The Balaban J connectivity index is 3.81. The van der Waals surface area contributed by atoms with E-state index in [1.54, 1.807) is 0 Å². The standard InChI is InChI=1S/C23H49N3/c1-19(2)22(6)26(9)18-21(5)23(7,8)14-13-16-24-15-11-10-12-17-25-20(3)4/h19-21,24-25H,6,10-18H2,1-5,7-9H3. The van der Waals surface area contributed by atoms with E-state index in [1.807, 2.05) is 0 Å². The van der Waals surface area contributed by atoms with Gasteiger partial charge in [-0.05, 0) is 62.6 Å². The zero-order valence-electron chi connectivity index (χ0n) is 19.3. The van der Waals surface area contributed by atoms with E-state index < -0.39 is 0 Å². The van der Waals surface area contributed by atoms with E-state index in [0.29, 0.717) is 23.3 Å². The molecule has 0 aromatic rings.